The third-order valence-corrected chi connectivity index (χ3v) is 8.48. The van der Waals surface area contributed by atoms with Crippen molar-refractivity contribution in [3.8, 4) is 11.5 Å². The zero-order chi connectivity index (χ0) is 27.0. The molecule has 4 aromatic rings. The molecule has 2 heterocycles. The molecule has 0 saturated carbocycles. The lowest BCUT2D eigenvalue weighted by Crippen LogP contribution is -2.40. The van der Waals surface area contributed by atoms with Gasteiger partial charge in [-0.25, -0.2) is 4.99 Å². The predicted molar refractivity (Wildman–Crippen MR) is 165 cm³/mol. The number of nitrogens with one attached hydrogen (secondary N) is 1. The van der Waals surface area contributed by atoms with E-state index >= 15 is 0 Å². The first-order chi connectivity index (χ1) is 18.3. The molecular formula is C28H21I2N3O4S. The van der Waals surface area contributed by atoms with Crippen LogP contribution in [0.4, 0.5) is 5.69 Å². The molecule has 7 nitrogen and oxygen atoms in total. The molecule has 1 atom stereocenters. The van der Waals surface area contributed by atoms with Gasteiger partial charge in [-0.3, -0.25) is 14.2 Å². The largest absolute Gasteiger partial charge is 0.506 e. The van der Waals surface area contributed by atoms with E-state index in [0.29, 0.717) is 41.2 Å². The second-order valence-corrected chi connectivity index (χ2v) is 11.9. The van der Waals surface area contributed by atoms with Crippen molar-refractivity contribution < 1.29 is 14.6 Å². The topological polar surface area (TPSA) is 92.9 Å². The second-order valence-electron chi connectivity index (χ2n) is 8.50. The van der Waals surface area contributed by atoms with Crippen LogP contribution in [-0.2, 0) is 4.79 Å². The number of aromatic hydroxyl groups is 1. The zero-order valence-corrected chi connectivity index (χ0v) is 25.4. The van der Waals surface area contributed by atoms with Crippen molar-refractivity contribution >= 4 is 74.2 Å². The summed E-state index contributed by atoms with van der Waals surface area (Å²) in [5, 5.41) is 13.6. The third kappa shape index (κ3) is 5.16. The number of amides is 1. The average Bonchev–Trinajstić information content (AvgIpc) is 3.20. The first kappa shape index (κ1) is 26.6. The standard InChI is InChI=1S/C28H21I2N3O4S/c1-15-23(26(35)32-19-8-4-3-5-9-19)24(16-7-6-10-20(12-16)37-2)33-27(36)22(38-28(33)31-15)13-17-11-18(29)14-21(30)25(17)34/h3-14,24,34H,1-2H3,(H,32,35)/b22-13-/t24-/m1/s1. The number of hydrogen-bond donors (Lipinski definition) is 2. The molecule has 0 spiro atoms. The van der Waals surface area contributed by atoms with Gasteiger partial charge in [-0.2, -0.15) is 0 Å². The predicted octanol–water partition coefficient (Wildman–Crippen LogP) is 4.80. The van der Waals surface area contributed by atoms with Crippen LogP contribution in [0.1, 0.15) is 24.1 Å². The number of nitrogens with zero attached hydrogens (tertiary/aromatic N) is 2. The number of phenolic OH excluding ortho intramolecular Hbond substituents is 1. The highest BCUT2D eigenvalue weighted by atomic mass is 127. The Morgan fingerprint density at radius 3 is 2.63 bits per heavy atom. The van der Waals surface area contributed by atoms with Gasteiger partial charge in [0.2, 0.25) is 0 Å². The molecular weight excluding hydrogens is 728 g/mol. The maximum Gasteiger partial charge on any atom is 0.271 e. The molecule has 0 radical (unpaired) electrons. The number of methoxy groups -OCH3 is 1. The smallest absolute Gasteiger partial charge is 0.271 e. The van der Waals surface area contributed by atoms with Gasteiger partial charge < -0.3 is 15.2 Å². The summed E-state index contributed by atoms with van der Waals surface area (Å²) >= 11 is 5.47. The number of allylic oxidation sites excluding steroid dienone is 1. The average molecular weight is 749 g/mol. The number of fused-ring (bicyclic) bond motifs is 1. The van der Waals surface area contributed by atoms with E-state index in [4.69, 9.17) is 4.74 Å². The number of halogens is 2. The molecule has 0 saturated heterocycles. The van der Waals surface area contributed by atoms with Crippen LogP contribution in [0.2, 0.25) is 0 Å². The number of hydrogen-bond acceptors (Lipinski definition) is 6. The molecule has 0 bridgehead atoms. The van der Waals surface area contributed by atoms with Gasteiger partial charge >= 0.3 is 0 Å². The first-order valence-electron chi connectivity index (χ1n) is 11.5. The van der Waals surface area contributed by atoms with Crippen molar-refractivity contribution in [2.45, 2.75) is 13.0 Å². The van der Waals surface area contributed by atoms with Gasteiger partial charge in [-0.05, 0) is 100 Å². The number of anilines is 1. The summed E-state index contributed by atoms with van der Waals surface area (Å²) in [6, 6.07) is 19.5. The van der Waals surface area contributed by atoms with E-state index in [0.717, 1.165) is 9.13 Å². The number of thiazole rings is 1. The number of aromatic nitrogens is 1. The van der Waals surface area contributed by atoms with Gasteiger partial charge in [0, 0.05) is 14.8 Å². The molecule has 192 valence electrons. The number of para-hydroxylation sites is 1. The maximum atomic E-state index is 13.9. The Kier molecular flexibility index (Phi) is 7.73. The van der Waals surface area contributed by atoms with Gasteiger partial charge in [-0.15, -0.1) is 0 Å². The number of phenols is 1. The summed E-state index contributed by atoms with van der Waals surface area (Å²) in [6.45, 7) is 1.78. The molecule has 1 aromatic heterocycles. The van der Waals surface area contributed by atoms with E-state index in [1.807, 2.05) is 54.6 Å². The highest BCUT2D eigenvalue weighted by Gasteiger charge is 2.32. The lowest BCUT2D eigenvalue weighted by Gasteiger charge is -2.25. The molecule has 1 aliphatic rings. The SMILES string of the molecule is COc1cccc([C@@H]2C(C(=O)Nc3ccccc3)=C(C)N=c3s/c(=C\c4cc(I)cc(I)c4O)c(=O)n32)c1. The summed E-state index contributed by atoms with van der Waals surface area (Å²) in [5.74, 6) is 0.380. The van der Waals surface area contributed by atoms with Gasteiger partial charge in [0.15, 0.2) is 4.80 Å². The Labute approximate surface area is 249 Å². The Balaban J connectivity index is 1.71. The number of benzene rings is 3. The summed E-state index contributed by atoms with van der Waals surface area (Å²) in [4.78, 5) is 32.7. The molecule has 2 N–H and O–H groups in total. The first-order valence-corrected chi connectivity index (χ1v) is 14.4. The van der Waals surface area contributed by atoms with Crippen LogP contribution < -0.4 is 24.9 Å². The van der Waals surface area contributed by atoms with Crippen LogP contribution in [0, 0.1) is 7.14 Å². The normalized spacial score (nSPS) is 15.2. The van der Waals surface area contributed by atoms with Gasteiger partial charge in [0.25, 0.3) is 11.5 Å². The summed E-state index contributed by atoms with van der Waals surface area (Å²) < 4.78 is 9.03. The van der Waals surface area contributed by atoms with E-state index in [-0.39, 0.29) is 17.2 Å². The lowest BCUT2D eigenvalue weighted by atomic mass is 9.95. The van der Waals surface area contributed by atoms with Crippen molar-refractivity contribution in [3.05, 3.63) is 116 Å². The molecule has 10 heteroatoms. The van der Waals surface area contributed by atoms with Crippen LogP contribution in [0.25, 0.3) is 6.08 Å². The van der Waals surface area contributed by atoms with E-state index < -0.39 is 6.04 Å². The number of carbonyl (C=O) groups excluding carboxylic acids is 1. The summed E-state index contributed by atoms with van der Waals surface area (Å²) in [7, 11) is 1.57. The minimum Gasteiger partial charge on any atom is -0.506 e. The molecule has 38 heavy (non-hydrogen) atoms. The Morgan fingerprint density at radius 1 is 1.13 bits per heavy atom. The molecule has 3 aromatic carbocycles. The fourth-order valence-corrected chi connectivity index (χ4v) is 7.22. The van der Waals surface area contributed by atoms with Crippen LogP contribution in [0.15, 0.2) is 87.8 Å². The molecule has 0 aliphatic carbocycles. The second kappa shape index (κ2) is 11.0. The van der Waals surface area contributed by atoms with Crippen LogP contribution >= 0.6 is 56.5 Å². The summed E-state index contributed by atoms with van der Waals surface area (Å²) in [5.41, 5.74) is 2.49. The molecule has 5 rings (SSSR count). The van der Waals surface area contributed by atoms with Crippen LogP contribution in [0.5, 0.6) is 11.5 Å². The monoisotopic (exact) mass is 749 g/mol. The lowest BCUT2D eigenvalue weighted by molar-refractivity contribution is -0.113. The molecule has 0 unspecified atom stereocenters. The van der Waals surface area contributed by atoms with Crippen molar-refractivity contribution in [2.24, 2.45) is 4.99 Å². The minimum atomic E-state index is -0.725. The van der Waals surface area contributed by atoms with Crippen molar-refractivity contribution in [1.29, 1.82) is 0 Å². The number of rotatable bonds is 5. The van der Waals surface area contributed by atoms with Crippen LogP contribution in [0.3, 0.4) is 0 Å². The number of carbonyl (C=O) groups is 1. The van der Waals surface area contributed by atoms with Crippen molar-refractivity contribution in [1.82, 2.24) is 4.57 Å². The van der Waals surface area contributed by atoms with Crippen molar-refractivity contribution in [2.75, 3.05) is 12.4 Å². The fourth-order valence-electron chi connectivity index (χ4n) is 4.30. The molecule has 0 fully saturated rings. The van der Waals surface area contributed by atoms with E-state index in [1.54, 1.807) is 36.8 Å². The highest BCUT2D eigenvalue weighted by molar-refractivity contribution is 14.1. The Bertz CT molecular complexity index is 1780. The quantitative estimate of drug-likeness (QED) is 0.287. The van der Waals surface area contributed by atoms with E-state index in [9.17, 15) is 14.7 Å². The minimum absolute atomic E-state index is 0.111. The van der Waals surface area contributed by atoms with E-state index in [2.05, 4.69) is 55.5 Å². The fraction of sp³-hybridized carbons (Fsp3) is 0.107. The third-order valence-electron chi connectivity index (χ3n) is 6.05. The molecule has 1 amide bonds. The molecule has 1 aliphatic heterocycles. The Hall–Kier alpha value is -2.97. The summed E-state index contributed by atoms with van der Waals surface area (Å²) in [6.07, 6.45) is 1.68. The van der Waals surface area contributed by atoms with Gasteiger partial charge in [-0.1, -0.05) is 41.7 Å². The number of ether oxygens (including phenoxy) is 1. The maximum absolute atomic E-state index is 13.9. The van der Waals surface area contributed by atoms with E-state index in [1.165, 1.54) is 11.3 Å². The van der Waals surface area contributed by atoms with Gasteiger partial charge in [0.1, 0.15) is 11.5 Å². The Morgan fingerprint density at radius 2 is 1.89 bits per heavy atom. The highest BCUT2D eigenvalue weighted by Crippen LogP contribution is 2.32. The zero-order valence-electron chi connectivity index (χ0n) is 20.2. The van der Waals surface area contributed by atoms with Crippen molar-refractivity contribution in [3.63, 3.8) is 0 Å². The van der Waals surface area contributed by atoms with Crippen LogP contribution in [-0.4, -0.2) is 22.7 Å². The van der Waals surface area contributed by atoms with Gasteiger partial charge in [0.05, 0.1) is 32.5 Å².